The van der Waals surface area contributed by atoms with Gasteiger partial charge in [0, 0.05) is 5.56 Å². The van der Waals surface area contributed by atoms with E-state index in [0.29, 0.717) is 0 Å². The van der Waals surface area contributed by atoms with E-state index in [9.17, 15) is 0 Å². The number of terminal acetylenes is 1. The van der Waals surface area contributed by atoms with Crippen LogP contribution in [0.1, 0.15) is 25.3 Å². The number of rotatable bonds is 4. The molecule has 0 aliphatic carbocycles. The molecule has 0 atom stereocenters. The average molecular weight is 173 g/mol. The van der Waals surface area contributed by atoms with E-state index in [4.69, 9.17) is 11.2 Å². The van der Waals surface area contributed by atoms with Gasteiger partial charge in [0.25, 0.3) is 0 Å². The first-order valence-electron chi connectivity index (χ1n) is 4.47. The van der Waals surface area contributed by atoms with Gasteiger partial charge in [-0.2, -0.15) is 0 Å². The first kappa shape index (κ1) is 9.67. The molecule has 0 aliphatic heterocycles. The van der Waals surface area contributed by atoms with Crippen molar-refractivity contribution in [3.8, 4) is 18.1 Å². The summed E-state index contributed by atoms with van der Waals surface area (Å²) in [6, 6.07) is 8.37. The molecule has 13 heavy (non-hydrogen) atoms. The predicted octanol–water partition coefficient (Wildman–Crippen LogP) is 2.65. The van der Waals surface area contributed by atoms with E-state index < -0.39 is 0 Å². The summed E-state index contributed by atoms with van der Waals surface area (Å²) in [4.78, 5) is 0. The van der Waals surface area contributed by atoms with E-state index in [1.54, 1.807) is 12.1 Å². The molecule has 1 rings (SSSR count). The van der Waals surface area contributed by atoms with Gasteiger partial charge in [0.1, 0.15) is 5.75 Å². The highest BCUT2D eigenvalue weighted by Gasteiger charge is 1.93. The third kappa shape index (κ3) is 3.21. The van der Waals surface area contributed by atoms with Gasteiger partial charge in [-0.05, 0) is 30.7 Å². The van der Waals surface area contributed by atoms with Crippen molar-refractivity contribution < 1.29 is 4.74 Å². The average Bonchev–Trinajstić information content (AvgIpc) is 2.19. The number of benzene rings is 1. The fourth-order valence-corrected chi connectivity index (χ4v) is 0.951. The molecule has 0 N–H and O–H groups in total. The summed E-state index contributed by atoms with van der Waals surface area (Å²) >= 11 is 0. The van der Waals surface area contributed by atoms with Crippen LogP contribution in [0.15, 0.2) is 18.2 Å². The smallest absolute Gasteiger partial charge is 0.121 e. The van der Waals surface area contributed by atoms with Crippen LogP contribution in [0.3, 0.4) is 0 Å². The standard InChI is InChI=1S/C12H13O/c1-3-5-9-13-12-8-6-7-11(4-2)10-12/h2,7-8,10H,3,5,9H2,1H3. The normalized spacial score (nSPS) is 9.23. The second-order valence-corrected chi connectivity index (χ2v) is 2.80. The summed E-state index contributed by atoms with van der Waals surface area (Å²) in [5.41, 5.74) is 0.814. The second kappa shape index (κ2) is 5.27. The monoisotopic (exact) mass is 173 g/mol. The van der Waals surface area contributed by atoms with E-state index in [-0.39, 0.29) is 0 Å². The van der Waals surface area contributed by atoms with Crippen LogP contribution in [0.4, 0.5) is 0 Å². The lowest BCUT2D eigenvalue weighted by Gasteiger charge is -2.04. The highest BCUT2D eigenvalue weighted by atomic mass is 16.5. The topological polar surface area (TPSA) is 9.23 Å². The van der Waals surface area contributed by atoms with Gasteiger partial charge in [-0.1, -0.05) is 19.3 Å². The van der Waals surface area contributed by atoms with Gasteiger partial charge in [0.15, 0.2) is 0 Å². The Morgan fingerprint density at radius 1 is 1.54 bits per heavy atom. The Labute approximate surface area is 79.7 Å². The highest BCUT2D eigenvalue weighted by molar-refractivity contribution is 5.37. The Hall–Kier alpha value is -1.42. The zero-order valence-corrected chi connectivity index (χ0v) is 7.84. The zero-order valence-electron chi connectivity index (χ0n) is 7.84. The molecule has 1 radical (unpaired) electrons. The highest BCUT2D eigenvalue weighted by Crippen LogP contribution is 2.12. The van der Waals surface area contributed by atoms with Gasteiger partial charge >= 0.3 is 0 Å². The predicted molar refractivity (Wildman–Crippen MR) is 53.6 cm³/mol. The lowest BCUT2D eigenvalue weighted by molar-refractivity contribution is 0.309. The molecule has 0 fully saturated rings. The van der Waals surface area contributed by atoms with E-state index in [1.165, 1.54) is 0 Å². The molecule has 67 valence electrons. The molecule has 0 aromatic heterocycles. The molecule has 1 aromatic rings. The van der Waals surface area contributed by atoms with Crippen molar-refractivity contribution in [2.45, 2.75) is 19.8 Å². The summed E-state index contributed by atoms with van der Waals surface area (Å²) < 4.78 is 5.46. The first-order chi connectivity index (χ1) is 6.36. The van der Waals surface area contributed by atoms with Gasteiger partial charge in [0.2, 0.25) is 0 Å². The molecule has 0 bridgehead atoms. The molecule has 0 heterocycles. The lowest BCUT2D eigenvalue weighted by atomic mass is 10.2. The Morgan fingerprint density at radius 2 is 2.38 bits per heavy atom. The molecule has 0 saturated heterocycles. The lowest BCUT2D eigenvalue weighted by Crippen LogP contribution is -1.96. The molecule has 0 saturated carbocycles. The second-order valence-electron chi connectivity index (χ2n) is 2.80. The summed E-state index contributed by atoms with van der Waals surface area (Å²) in [7, 11) is 0. The van der Waals surface area contributed by atoms with Gasteiger partial charge in [-0.3, -0.25) is 0 Å². The van der Waals surface area contributed by atoms with Crippen LogP contribution in [-0.2, 0) is 0 Å². The van der Waals surface area contributed by atoms with E-state index in [0.717, 1.165) is 30.8 Å². The van der Waals surface area contributed by atoms with Gasteiger partial charge in [-0.25, -0.2) is 0 Å². The minimum absolute atomic E-state index is 0.748. The Balaban J connectivity index is 2.52. The van der Waals surface area contributed by atoms with Crippen LogP contribution in [-0.4, -0.2) is 6.61 Å². The van der Waals surface area contributed by atoms with Gasteiger partial charge < -0.3 is 4.74 Å². The Kier molecular flexibility index (Phi) is 3.92. The van der Waals surface area contributed by atoms with Crippen molar-refractivity contribution in [2.24, 2.45) is 0 Å². The maximum atomic E-state index is 5.46. The molecule has 1 nitrogen and oxygen atoms in total. The van der Waals surface area contributed by atoms with E-state index in [1.807, 2.05) is 6.07 Å². The molecular weight excluding hydrogens is 160 g/mol. The minimum Gasteiger partial charge on any atom is -0.494 e. The van der Waals surface area contributed by atoms with Crippen molar-refractivity contribution >= 4 is 0 Å². The number of ether oxygens (including phenoxy) is 1. The molecule has 0 unspecified atom stereocenters. The van der Waals surface area contributed by atoms with Gasteiger partial charge in [0.05, 0.1) is 6.61 Å². The molecule has 0 spiro atoms. The van der Waals surface area contributed by atoms with Crippen molar-refractivity contribution in [1.82, 2.24) is 0 Å². The van der Waals surface area contributed by atoms with Crippen LogP contribution in [0.2, 0.25) is 0 Å². The number of unbranched alkanes of at least 4 members (excludes halogenated alkanes) is 1. The maximum Gasteiger partial charge on any atom is 0.121 e. The van der Waals surface area contributed by atoms with Crippen molar-refractivity contribution in [3.63, 3.8) is 0 Å². The van der Waals surface area contributed by atoms with E-state index >= 15 is 0 Å². The Morgan fingerprint density at radius 3 is 3.08 bits per heavy atom. The fraction of sp³-hybridized carbons (Fsp3) is 0.333. The summed E-state index contributed by atoms with van der Waals surface area (Å²) in [5.74, 6) is 3.36. The third-order valence-electron chi connectivity index (χ3n) is 1.70. The quantitative estimate of drug-likeness (QED) is 0.502. The van der Waals surface area contributed by atoms with Crippen LogP contribution < -0.4 is 4.74 Å². The van der Waals surface area contributed by atoms with E-state index in [2.05, 4.69) is 18.9 Å². The van der Waals surface area contributed by atoms with Crippen molar-refractivity contribution in [1.29, 1.82) is 0 Å². The Bertz CT molecular complexity index is 296. The molecule has 1 aromatic carbocycles. The number of hydrogen-bond donors (Lipinski definition) is 0. The molecule has 1 heteroatoms. The van der Waals surface area contributed by atoms with Crippen LogP contribution in [0.25, 0.3) is 0 Å². The summed E-state index contributed by atoms with van der Waals surface area (Å²) in [6.45, 7) is 2.88. The fourth-order valence-electron chi connectivity index (χ4n) is 0.951. The molecule has 0 aliphatic rings. The molecular formula is C12H13O. The van der Waals surface area contributed by atoms with Crippen LogP contribution in [0, 0.1) is 18.4 Å². The molecule has 0 amide bonds. The maximum absolute atomic E-state index is 5.46. The van der Waals surface area contributed by atoms with Gasteiger partial charge in [-0.15, -0.1) is 6.42 Å². The van der Waals surface area contributed by atoms with Crippen molar-refractivity contribution in [3.05, 3.63) is 29.8 Å². The van der Waals surface area contributed by atoms with Crippen LogP contribution >= 0.6 is 0 Å². The first-order valence-corrected chi connectivity index (χ1v) is 4.47. The minimum atomic E-state index is 0.748. The SMILES string of the molecule is C#Cc1c[c]cc(OCCCC)c1. The summed E-state index contributed by atoms with van der Waals surface area (Å²) in [6.07, 6.45) is 7.46. The largest absolute Gasteiger partial charge is 0.494 e. The van der Waals surface area contributed by atoms with Crippen LogP contribution in [0.5, 0.6) is 5.75 Å². The van der Waals surface area contributed by atoms with Crippen molar-refractivity contribution in [2.75, 3.05) is 6.61 Å². The zero-order chi connectivity index (χ0) is 9.52. The number of hydrogen-bond acceptors (Lipinski definition) is 1. The summed E-state index contributed by atoms with van der Waals surface area (Å²) in [5, 5.41) is 0. The third-order valence-corrected chi connectivity index (χ3v) is 1.70.